The van der Waals surface area contributed by atoms with Crippen LogP contribution in [0.2, 0.25) is 0 Å². The molecule has 3 heteroatoms. The Balaban J connectivity index is 2.02. The van der Waals surface area contributed by atoms with Crippen molar-refractivity contribution in [2.45, 2.75) is 51.9 Å². The van der Waals surface area contributed by atoms with Crippen LogP contribution in [0.4, 0.5) is 0 Å². The molecule has 1 spiro atoms. The lowest BCUT2D eigenvalue weighted by atomic mass is 9.55. The highest BCUT2D eigenvalue weighted by atomic mass is 16.7. The average molecular weight is 247 g/mol. The van der Waals surface area contributed by atoms with Gasteiger partial charge in [-0.25, -0.2) is 0 Å². The molecule has 5 atom stereocenters. The van der Waals surface area contributed by atoms with E-state index in [2.05, 4.69) is 32.9 Å². The predicted octanol–water partition coefficient (Wildman–Crippen LogP) is 3.23. The van der Waals surface area contributed by atoms with E-state index in [4.69, 9.17) is 9.47 Å². The monoisotopic (exact) mass is 247 g/mol. The normalized spacial score (nSPS) is 49.6. The summed E-state index contributed by atoms with van der Waals surface area (Å²) in [6.07, 6.45) is 6.56. The zero-order chi connectivity index (χ0) is 13.0. The molecule has 2 aliphatic heterocycles. The molecule has 0 aromatic carbocycles. The Bertz CT molecular complexity index is 425. The summed E-state index contributed by atoms with van der Waals surface area (Å²) in [7, 11) is 0. The van der Waals surface area contributed by atoms with Gasteiger partial charge in [0, 0.05) is 11.8 Å². The molecule has 0 aromatic rings. The molecule has 1 saturated carbocycles. The molecule has 2 bridgehead atoms. The van der Waals surface area contributed by atoms with Crippen molar-refractivity contribution >= 4 is 0 Å². The molecule has 18 heavy (non-hydrogen) atoms. The van der Waals surface area contributed by atoms with Gasteiger partial charge in [-0.15, -0.1) is 0 Å². The molecule has 3 aliphatic rings. The van der Waals surface area contributed by atoms with Gasteiger partial charge in [0.15, 0.2) is 0 Å². The van der Waals surface area contributed by atoms with E-state index >= 15 is 0 Å². The fraction of sp³-hybridized carbons (Fsp3) is 0.800. The van der Waals surface area contributed by atoms with Gasteiger partial charge in [-0.2, -0.15) is 5.26 Å². The Morgan fingerprint density at radius 2 is 2.17 bits per heavy atom. The number of fused-ring (bicyclic) bond motifs is 1. The summed E-state index contributed by atoms with van der Waals surface area (Å²) in [6, 6.07) is 2.54. The molecule has 1 saturated heterocycles. The minimum absolute atomic E-state index is 0.0648. The first kappa shape index (κ1) is 12.0. The molecular weight excluding hydrogens is 226 g/mol. The highest BCUT2D eigenvalue weighted by molar-refractivity contribution is 5.23. The molecule has 2 heterocycles. The zero-order valence-electron chi connectivity index (χ0n) is 11.3. The van der Waals surface area contributed by atoms with Crippen molar-refractivity contribution in [3.8, 4) is 6.07 Å². The molecule has 3 nitrogen and oxygen atoms in total. The summed E-state index contributed by atoms with van der Waals surface area (Å²) in [5.41, 5.74) is -0.367. The maximum atomic E-state index is 9.55. The number of ether oxygens (including phenoxy) is 2. The lowest BCUT2D eigenvalue weighted by Gasteiger charge is -2.50. The molecule has 3 rings (SSSR count). The van der Waals surface area contributed by atoms with Gasteiger partial charge in [0.25, 0.3) is 0 Å². The van der Waals surface area contributed by atoms with E-state index in [1.807, 2.05) is 0 Å². The molecule has 2 fully saturated rings. The van der Waals surface area contributed by atoms with Crippen molar-refractivity contribution in [1.29, 1.82) is 5.26 Å². The largest absolute Gasteiger partial charge is 0.473 e. The first-order valence-electron chi connectivity index (χ1n) is 6.91. The number of rotatable bonds is 1. The smallest absolute Gasteiger partial charge is 0.200 e. The van der Waals surface area contributed by atoms with Crippen LogP contribution in [0, 0.1) is 34.5 Å². The van der Waals surface area contributed by atoms with Crippen LogP contribution in [0.1, 0.15) is 40.0 Å². The minimum Gasteiger partial charge on any atom is -0.473 e. The molecule has 0 aromatic heterocycles. The summed E-state index contributed by atoms with van der Waals surface area (Å²) in [4.78, 5) is 0. The second-order valence-electron chi connectivity index (χ2n) is 6.62. The fourth-order valence-electron chi connectivity index (χ4n) is 4.00. The Labute approximate surface area is 109 Å². The summed E-state index contributed by atoms with van der Waals surface area (Å²) in [5.74, 6) is 1.22. The van der Waals surface area contributed by atoms with Gasteiger partial charge in [-0.1, -0.05) is 20.8 Å². The Morgan fingerprint density at radius 3 is 2.83 bits per heavy atom. The van der Waals surface area contributed by atoms with Crippen LogP contribution in [-0.4, -0.2) is 11.9 Å². The minimum atomic E-state index is -0.274. The Morgan fingerprint density at radius 1 is 1.39 bits per heavy atom. The van der Waals surface area contributed by atoms with Gasteiger partial charge in [0.1, 0.15) is 5.60 Å². The van der Waals surface area contributed by atoms with E-state index in [0.717, 1.165) is 19.3 Å². The third-order valence-electron chi connectivity index (χ3n) is 5.44. The van der Waals surface area contributed by atoms with E-state index < -0.39 is 0 Å². The summed E-state index contributed by atoms with van der Waals surface area (Å²) < 4.78 is 11.6. The fourth-order valence-corrected chi connectivity index (χ4v) is 4.00. The third kappa shape index (κ3) is 1.39. The van der Waals surface area contributed by atoms with Gasteiger partial charge < -0.3 is 9.47 Å². The predicted molar refractivity (Wildman–Crippen MR) is 67.2 cm³/mol. The SMILES string of the molecule is CC(C)[C@@H]1C[C@@H](C#N)[C@]2(C)C[C@@H]3OC=C[C@@]2(C1)O3. The van der Waals surface area contributed by atoms with Crippen LogP contribution in [0.15, 0.2) is 12.3 Å². The molecule has 1 aliphatic carbocycles. The van der Waals surface area contributed by atoms with Gasteiger partial charge in [0.2, 0.25) is 6.29 Å². The lowest BCUT2D eigenvalue weighted by Crippen LogP contribution is -2.52. The second kappa shape index (κ2) is 3.74. The highest BCUT2D eigenvalue weighted by Crippen LogP contribution is 2.61. The highest BCUT2D eigenvalue weighted by Gasteiger charge is 2.64. The van der Waals surface area contributed by atoms with Crippen molar-refractivity contribution < 1.29 is 9.47 Å². The van der Waals surface area contributed by atoms with E-state index in [-0.39, 0.29) is 23.2 Å². The lowest BCUT2D eigenvalue weighted by molar-refractivity contribution is -0.173. The number of hydrogen-bond acceptors (Lipinski definition) is 3. The van der Waals surface area contributed by atoms with Crippen molar-refractivity contribution in [2.24, 2.45) is 23.2 Å². The van der Waals surface area contributed by atoms with Crippen molar-refractivity contribution in [2.75, 3.05) is 0 Å². The summed E-state index contributed by atoms with van der Waals surface area (Å²) in [6.45, 7) is 6.69. The average Bonchev–Trinajstić information content (AvgIpc) is 2.53. The zero-order valence-corrected chi connectivity index (χ0v) is 11.3. The first-order valence-corrected chi connectivity index (χ1v) is 6.91. The molecule has 0 radical (unpaired) electrons. The Kier molecular flexibility index (Phi) is 2.50. The van der Waals surface area contributed by atoms with Gasteiger partial charge in [0.05, 0.1) is 18.2 Å². The van der Waals surface area contributed by atoms with E-state index in [9.17, 15) is 5.26 Å². The second-order valence-corrected chi connectivity index (χ2v) is 6.62. The van der Waals surface area contributed by atoms with Gasteiger partial charge in [-0.3, -0.25) is 0 Å². The molecule has 98 valence electrons. The quantitative estimate of drug-likeness (QED) is 0.714. The first-order chi connectivity index (χ1) is 8.51. The van der Waals surface area contributed by atoms with Crippen molar-refractivity contribution in [1.82, 2.24) is 0 Å². The maximum absolute atomic E-state index is 9.55. The summed E-state index contributed by atoms with van der Waals surface area (Å²) >= 11 is 0. The number of hydrogen-bond donors (Lipinski definition) is 0. The van der Waals surface area contributed by atoms with E-state index in [1.165, 1.54) is 0 Å². The standard InChI is InChI=1S/C15H21NO2/c1-10(2)11-6-12(9-16)14(3)8-13-17-5-4-15(14,7-11)18-13/h4-5,10-13H,6-8H2,1-3H3/t11-,12+,13-,14+,15+/m1/s1. The molecular formula is C15H21NO2. The van der Waals surface area contributed by atoms with Crippen molar-refractivity contribution in [3.63, 3.8) is 0 Å². The summed E-state index contributed by atoms with van der Waals surface area (Å²) in [5, 5.41) is 9.55. The van der Waals surface area contributed by atoms with Gasteiger partial charge >= 0.3 is 0 Å². The number of nitriles is 1. The third-order valence-corrected chi connectivity index (χ3v) is 5.44. The Hall–Kier alpha value is -1.01. The van der Waals surface area contributed by atoms with Gasteiger partial charge in [-0.05, 0) is 30.8 Å². The van der Waals surface area contributed by atoms with E-state index in [0.29, 0.717) is 11.8 Å². The molecule has 0 amide bonds. The van der Waals surface area contributed by atoms with Crippen LogP contribution in [-0.2, 0) is 9.47 Å². The van der Waals surface area contributed by atoms with E-state index in [1.54, 1.807) is 6.26 Å². The van der Waals surface area contributed by atoms with Crippen LogP contribution in [0.25, 0.3) is 0 Å². The van der Waals surface area contributed by atoms with Crippen LogP contribution in [0.5, 0.6) is 0 Å². The topological polar surface area (TPSA) is 42.2 Å². The maximum Gasteiger partial charge on any atom is 0.200 e. The van der Waals surface area contributed by atoms with Crippen LogP contribution < -0.4 is 0 Å². The van der Waals surface area contributed by atoms with Crippen LogP contribution >= 0.6 is 0 Å². The number of nitrogens with zero attached hydrogens (tertiary/aromatic N) is 1. The molecule has 0 unspecified atom stereocenters. The molecule has 0 N–H and O–H groups in total. The van der Waals surface area contributed by atoms with Crippen molar-refractivity contribution in [3.05, 3.63) is 12.3 Å². The van der Waals surface area contributed by atoms with Crippen LogP contribution in [0.3, 0.4) is 0 Å².